The van der Waals surface area contributed by atoms with Crippen LogP contribution in [0.5, 0.6) is 28.7 Å². The fourth-order valence-corrected chi connectivity index (χ4v) is 3.81. The van der Waals surface area contributed by atoms with Gasteiger partial charge in [-0.1, -0.05) is 6.07 Å². The largest absolute Gasteiger partial charge is 0.508 e. The van der Waals surface area contributed by atoms with E-state index in [0.717, 1.165) is 31.2 Å². The van der Waals surface area contributed by atoms with Gasteiger partial charge in [0.1, 0.15) is 47.7 Å². The van der Waals surface area contributed by atoms with Crippen LogP contribution >= 0.6 is 0 Å². The second kappa shape index (κ2) is 8.99. The zero-order valence-electron chi connectivity index (χ0n) is 17.7. The number of ketones is 1. The molecule has 2 aromatic rings. The lowest BCUT2D eigenvalue weighted by Gasteiger charge is -2.34. The van der Waals surface area contributed by atoms with E-state index in [4.69, 9.17) is 18.9 Å². The van der Waals surface area contributed by atoms with Crippen molar-refractivity contribution in [2.24, 2.45) is 0 Å². The molecule has 34 heavy (non-hydrogen) atoms. The molecule has 6 unspecified atom stereocenters. The van der Waals surface area contributed by atoms with Crippen LogP contribution in [0.4, 0.5) is 0 Å². The number of aliphatic hydroxyl groups excluding tert-OH is 2. The number of carbonyl (C=O) groups excluding carboxylic acids is 2. The molecule has 182 valence electrons. The zero-order valence-corrected chi connectivity index (χ0v) is 17.7. The molecule has 0 aromatic heterocycles. The second-order valence-electron chi connectivity index (χ2n) is 7.87. The van der Waals surface area contributed by atoms with Gasteiger partial charge in [0.15, 0.2) is 30.0 Å². The van der Waals surface area contributed by atoms with E-state index in [2.05, 4.69) is 0 Å². The molecule has 0 bridgehead atoms. The van der Waals surface area contributed by atoms with Crippen molar-refractivity contribution >= 4 is 11.8 Å². The van der Waals surface area contributed by atoms with Crippen molar-refractivity contribution in [2.75, 3.05) is 6.61 Å². The number of aromatic hydroxyl groups is 4. The van der Waals surface area contributed by atoms with Crippen molar-refractivity contribution in [1.82, 2.24) is 0 Å². The number of hydrogen-bond acceptors (Lipinski definition) is 12. The first-order valence-corrected chi connectivity index (χ1v) is 10.2. The molecule has 0 radical (unpaired) electrons. The van der Waals surface area contributed by atoms with Gasteiger partial charge >= 0.3 is 5.97 Å². The van der Waals surface area contributed by atoms with Gasteiger partial charge in [0.2, 0.25) is 5.78 Å². The molecule has 0 aliphatic carbocycles. The average molecular weight is 478 g/mol. The predicted octanol–water partition coefficient (Wildman–Crippen LogP) is 0.220. The molecule has 12 heteroatoms. The lowest BCUT2D eigenvalue weighted by molar-refractivity contribution is -0.201. The van der Waals surface area contributed by atoms with E-state index in [1.165, 1.54) is 6.07 Å². The standard InChI is InChI=1S/C22H22O12/c1-8(23)31-7-15-17(28)19(30)22(33-15)34-21-18(29)16-13(27)5-10(24)6-14(16)32-20(21)9-2-3-11(25)12(26)4-9/h2-6,15,17,19-22,24-28,30H,7H2,1H3. The van der Waals surface area contributed by atoms with Crippen molar-refractivity contribution < 1.29 is 59.2 Å². The van der Waals surface area contributed by atoms with E-state index in [0.29, 0.717) is 0 Å². The molecule has 0 saturated carbocycles. The van der Waals surface area contributed by atoms with Gasteiger partial charge in [-0.15, -0.1) is 0 Å². The Kier molecular flexibility index (Phi) is 6.23. The molecule has 1 saturated heterocycles. The molecule has 2 aliphatic rings. The van der Waals surface area contributed by atoms with Gasteiger partial charge in [-0.05, 0) is 17.7 Å². The maximum atomic E-state index is 13.3. The Hall–Kier alpha value is -3.58. The van der Waals surface area contributed by atoms with Gasteiger partial charge in [0.25, 0.3) is 0 Å². The van der Waals surface area contributed by atoms with Crippen LogP contribution < -0.4 is 4.74 Å². The number of phenolic OH excluding ortho intramolecular Hbond substituents is 4. The molecule has 12 nitrogen and oxygen atoms in total. The quantitative estimate of drug-likeness (QED) is 0.253. The van der Waals surface area contributed by atoms with Crippen molar-refractivity contribution in [2.45, 2.75) is 43.7 Å². The van der Waals surface area contributed by atoms with E-state index < -0.39 is 65.8 Å². The molecular formula is C22H22O12. The predicted molar refractivity (Wildman–Crippen MR) is 109 cm³/mol. The first-order chi connectivity index (χ1) is 16.1. The highest BCUT2D eigenvalue weighted by atomic mass is 16.7. The Morgan fingerprint density at radius 3 is 2.41 bits per heavy atom. The fourth-order valence-electron chi connectivity index (χ4n) is 3.81. The minimum absolute atomic E-state index is 0.166. The zero-order chi connectivity index (χ0) is 24.7. The van der Waals surface area contributed by atoms with E-state index in [1.54, 1.807) is 0 Å². The number of carbonyl (C=O) groups is 2. The molecule has 0 spiro atoms. The number of benzene rings is 2. The van der Waals surface area contributed by atoms with Crippen LogP contribution in [0.2, 0.25) is 0 Å². The first kappa shape index (κ1) is 23.6. The van der Waals surface area contributed by atoms with Crippen molar-refractivity contribution in [3.63, 3.8) is 0 Å². The summed E-state index contributed by atoms with van der Waals surface area (Å²) >= 11 is 0. The molecule has 4 rings (SSSR count). The molecule has 0 amide bonds. The van der Waals surface area contributed by atoms with E-state index >= 15 is 0 Å². The van der Waals surface area contributed by atoms with Crippen LogP contribution in [0, 0.1) is 0 Å². The number of aliphatic hydroxyl groups is 2. The molecule has 2 heterocycles. The summed E-state index contributed by atoms with van der Waals surface area (Å²) in [6.45, 7) is 0.782. The van der Waals surface area contributed by atoms with E-state index in [1.807, 2.05) is 0 Å². The van der Waals surface area contributed by atoms with Gasteiger partial charge in [-0.3, -0.25) is 9.59 Å². The van der Waals surface area contributed by atoms with Crippen molar-refractivity contribution in [3.8, 4) is 28.7 Å². The van der Waals surface area contributed by atoms with Crippen LogP contribution in [0.1, 0.15) is 28.9 Å². The smallest absolute Gasteiger partial charge is 0.302 e. The summed E-state index contributed by atoms with van der Waals surface area (Å²) in [5, 5.41) is 60.2. The summed E-state index contributed by atoms with van der Waals surface area (Å²) in [5.41, 5.74) is -0.127. The normalized spacial score (nSPS) is 28.3. The Balaban J connectivity index is 1.68. The second-order valence-corrected chi connectivity index (χ2v) is 7.87. The number of Topliss-reactive ketones (excluding diaryl/α,β-unsaturated/α-hetero) is 1. The monoisotopic (exact) mass is 478 g/mol. The highest BCUT2D eigenvalue weighted by molar-refractivity contribution is 6.05. The third kappa shape index (κ3) is 4.31. The minimum Gasteiger partial charge on any atom is -0.508 e. The molecule has 2 aliphatic heterocycles. The van der Waals surface area contributed by atoms with E-state index in [-0.39, 0.29) is 29.2 Å². The van der Waals surface area contributed by atoms with Crippen LogP contribution in [-0.2, 0) is 19.0 Å². The molecule has 6 N–H and O–H groups in total. The van der Waals surface area contributed by atoms with Crippen LogP contribution in [0.25, 0.3) is 0 Å². The van der Waals surface area contributed by atoms with Crippen molar-refractivity contribution in [3.05, 3.63) is 41.5 Å². The number of phenols is 4. The third-order valence-corrected chi connectivity index (χ3v) is 5.48. The summed E-state index contributed by atoms with van der Waals surface area (Å²) in [6, 6.07) is 5.67. The SMILES string of the molecule is CC(=O)OCC1OC(OC2C(=O)c3c(O)cc(O)cc3OC2c2ccc(O)c(O)c2)C(O)C1O. The highest BCUT2D eigenvalue weighted by Gasteiger charge is 2.49. The lowest BCUT2D eigenvalue weighted by atomic mass is 9.92. The lowest BCUT2D eigenvalue weighted by Crippen LogP contribution is -2.44. The Morgan fingerprint density at radius 1 is 1.00 bits per heavy atom. The highest BCUT2D eigenvalue weighted by Crippen LogP contribution is 2.44. The van der Waals surface area contributed by atoms with Gasteiger partial charge < -0.3 is 49.6 Å². The maximum Gasteiger partial charge on any atom is 0.302 e. The van der Waals surface area contributed by atoms with Crippen molar-refractivity contribution in [1.29, 1.82) is 0 Å². The van der Waals surface area contributed by atoms with E-state index in [9.17, 15) is 40.2 Å². The van der Waals surface area contributed by atoms with Gasteiger partial charge in [-0.2, -0.15) is 0 Å². The van der Waals surface area contributed by atoms with Gasteiger partial charge in [-0.25, -0.2) is 0 Å². The third-order valence-electron chi connectivity index (χ3n) is 5.48. The summed E-state index contributed by atoms with van der Waals surface area (Å²) in [6.07, 6.45) is -8.67. The summed E-state index contributed by atoms with van der Waals surface area (Å²) in [7, 11) is 0. The minimum atomic E-state index is -1.63. The van der Waals surface area contributed by atoms with Gasteiger partial charge in [0, 0.05) is 19.1 Å². The molecule has 6 atom stereocenters. The number of rotatable bonds is 5. The Bertz CT molecular complexity index is 1120. The average Bonchev–Trinajstić information content (AvgIpc) is 3.03. The molecular weight excluding hydrogens is 456 g/mol. The molecule has 1 fully saturated rings. The van der Waals surface area contributed by atoms with Crippen LogP contribution in [-0.4, -0.2) is 79.7 Å². The number of fused-ring (bicyclic) bond motifs is 1. The maximum absolute atomic E-state index is 13.3. The summed E-state index contributed by atoms with van der Waals surface area (Å²) < 4.78 is 21.8. The summed E-state index contributed by atoms with van der Waals surface area (Å²) in [5.74, 6) is -3.49. The fraction of sp³-hybridized carbons (Fsp3) is 0.364. The van der Waals surface area contributed by atoms with Crippen LogP contribution in [0.3, 0.4) is 0 Å². The molecule has 2 aromatic carbocycles. The first-order valence-electron chi connectivity index (χ1n) is 10.2. The summed E-state index contributed by atoms with van der Waals surface area (Å²) in [4.78, 5) is 24.4. The Morgan fingerprint density at radius 2 is 1.74 bits per heavy atom. The number of esters is 1. The number of ether oxygens (including phenoxy) is 4. The van der Waals surface area contributed by atoms with Crippen LogP contribution in [0.15, 0.2) is 30.3 Å². The topological polar surface area (TPSA) is 192 Å². The Labute approximate surface area is 192 Å². The van der Waals surface area contributed by atoms with Gasteiger partial charge in [0.05, 0.1) is 0 Å². The number of hydrogen-bond donors (Lipinski definition) is 6.